The fourth-order valence-corrected chi connectivity index (χ4v) is 0.991. The maximum atomic E-state index is 13.3. The highest BCUT2D eigenvalue weighted by Gasteiger charge is 2.04. The van der Waals surface area contributed by atoms with Crippen LogP contribution in [0.5, 0.6) is 5.75 Å². The molecule has 0 bridgehead atoms. The minimum absolute atomic E-state index is 0.0442. The summed E-state index contributed by atoms with van der Waals surface area (Å²) in [5, 5.41) is 8.97. The van der Waals surface area contributed by atoms with E-state index in [1.165, 1.54) is 24.3 Å². The van der Waals surface area contributed by atoms with Gasteiger partial charge in [-0.3, -0.25) is 0 Å². The Morgan fingerprint density at radius 1 is 1.47 bits per heavy atom. The maximum absolute atomic E-state index is 13.3. The number of carbonyl (C=O) groups excluding carboxylic acids is 1. The van der Waals surface area contributed by atoms with E-state index in [2.05, 4.69) is 4.74 Å². The zero-order valence-corrected chi connectivity index (χ0v) is 8.24. The Bertz CT molecular complexity index is 368. The molecule has 0 fully saturated rings. The van der Waals surface area contributed by atoms with Crippen molar-refractivity contribution in [2.24, 2.45) is 0 Å². The number of hydrogen-bond acceptors (Lipinski definition) is 3. The van der Waals surface area contributed by atoms with Crippen molar-refractivity contribution in [1.82, 2.24) is 0 Å². The van der Waals surface area contributed by atoms with E-state index in [9.17, 15) is 9.18 Å². The summed E-state index contributed by atoms with van der Waals surface area (Å²) in [7, 11) is 0. The molecule has 0 radical (unpaired) electrons. The minimum atomic E-state index is -0.719. The molecular formula is C11H11FO3. The molecule has 1 aromatic rings. The average Bonchev–Trinajstić information content (AvgIpc) is 2.18. The number of phenolic OH excluding ortho intramolecular Hbond substituents is 1. The quantitative estimate of drug-likeness (QED) is 0.614. The molecule has 0 aliphatic rings. The second-order valence-corrected chi connectivity index (χ2v) is 2.79. The Kier molecular flexibility index (Phi) is 3.85. The van der Waals surface area contributed by atoms with Crippen LogP contribution in [0.3, 0.4) is 0 Å². The van der Waals surface area contributed by atoms with Crippen molar-refractivity contribution in [2.75, 3.05) is 6.61 Å². The van der Waals surface area contributed by atoms with Crippen LogP contribution in [-0.4, -0.2) is 17.7 Å². The second-order valence-electron chi connectivity index (χ2n) is 2.79. The summed E-state index contributed by atoms with van der Waals surface area (Å²) in [5.41, 5.74) is 0.223. The number of halogens is 1. The topological polar surface area (TPSA) is 46.5 Å². The van der Waals surface area contributed by atoms with E-state index >= 15 is 0 Å². The van der Waals surface area contributed by atoms with Gasteiger partial charge in [0.25, 0.3) is 0 Å². The van der Waals surface area contributed by atoms with Gasteiger partial charge >= 0.3 is 5.97 Å². The summed E-state index contributed by atoms with van der Waals surface area (Å²) in [4.78, 5) is 10.9. The fourth-order valence-electron chi connectivity index (χ4n) is 0.991. The first-order valence-corrected chi connectivity index (χ1v) is 4.47. The van der Waals surface area contributed by atoms with Gasteiger partial charge in [0.15, 0.2) is 0 Å². The highest BCUT2D eigenvalue weighted by Crippen LogP contribution is 2.18. The van der Waals surface area contributed by atoms with Crippen molar-refractivity contribution < 1.29 is 19.0 Å². The standard InChI is InChI=1S/C11H11FO3/c1-2-15-11(14)7-10(12)8-3-5-9(13)6-4-8/h3-7,13H,2H2,1H3/b10-7+. The zero-order valence-electron chi connectivity index (χ0n) is 8.24. The number of benzene rings is 1. The molecule has 0 saturated heterocycles. The molecule has 0 heterocycles. The van der Waals surface area contributed by atoms with Crippen LogP contribution in [0, 0.1) is 0 Å². The molecule has 3 nitrogen and oxygen atoms in total. The van der Waals surface area contributed by atoms with Gasteiger partial charge in [-0.25, -0.2) is 9.18 Å². The Balaban J connectivity index is 2.79. The molecule has 1 aromatic carbocycles. The molecule has 1 rings (SSSR count). The number of aromatic hydroxyl groups is 1. The number of ether oxygens (including phenoxy) is 1. The largest absolute Gasteiger partial charge is 0.508 e. The highest BCUT2D eigenvalue weighted by molar-refractivity contribution is 5.89. The second kappa shape index (κ2) is 5.14. The fraction of sp³-hybridized carbons (Fsp3) is 0.182. The first-order chi connectivity index (χ1) is 7.13. The summed E-state index contributed by atoms with van der Waals surface area (Å²) in [6.07, 6.45) is 0.774. The molecule has 0 aromatic heterocycles. The molecule has 0 aliphatic heterocycles. The minimum Gasteiger partial charge on any atom is -0.508 e. The van der Waals surface area contributed by atoms with E-state index < -0.39 is 11.8 Å². The third-order valence-electron chi connectivity index (χ3n) is 1.67. The van der Waals surface area contributed by atoms with E-state index in [-0.39, 0.29) is 17.9 Å². The Morgan fingerprint density at radius 2 is 2.07 bits per heavy atom. The smallest absolute Gasteiger partial charge is 0.333 e. The van der Waals surface area contributed by atoms with E-state index in [0.29, 0.717) is 0 Å². The first kappa shape index (κ1) is 11.2. The third kappa shape index (κ3) is 3.42. The van der Waals surface area contributed by atoms with Crippen LogP contribution >= 0.6 is 0 Å². The van der Waals surface area contributed by atoms with Crippen molar-refractivity contribution in [2.45, 2.75) is 6.92 Å². The maximum Gasteiger partial charge on any atom is 0.333 e. The van der Waals surface area contributed by atoms with Crippen LogP contribution in [0.2, 0.25) is 0 Å². The molecule has 0 unspecified atom stereocenters. The molecule has 1 N–H and O–H groups in total. The van der Waals surface area contributed by atoms with E-state index in [0.717, 1.165) is 6.08 Å². The summed E-state index contributed by atoms with van der Waals surface area (Å²) in [5.74, 6) is -1.36. The van der Waals surface area contributed by atoms with Crippen LogP contribution in [0.4, 0.5) is 4.39 Å². The zero-order chi connectivity index (χ0) is 11.3. The number of phenols is 1. The van der Waals surface area contributed by atoms with E-state index in [4.69, 9.17) is 5.11 Å². The van der Waals surface area contributed by atoms with Gasteiger partial charge in [0.1, 0.15) is 11.6 Å². The monoisotopic (exact) mass is 210 g/mol. The first-order valence-electron chi connectivity index (χ1n) is 4.47. The average molecular weight is 210 g/mol. The van der Waals surface area contributed by atoms with E-state index in [1.54, 1.807) is 6.92 Å². The summed E-state index contributed by atoms with van der Waals surface area (Å²) in [6.45, 7) is 1.85. The van der Waals surface area contributed by atoms with Crippen molar-refractivity contribution in [3.05, 3.63) is 35.9 Å². The highest BCUT2D eigenvalue weighted by atomic mass is 19.1. The number of hydrogen-bond donors (Lipinski definition) is 1. The molecule has 0 amide bonds. The number of carbonyl (C=O) groups is 1. The van der Waals surface area contributed by atoms with Crippen LogP contribution in [0.1, 0.15) is 12.5 Å². The van der Waals surface area contributed by atoms with Gasteiger partial charge < -0.3 is 9.84 Å². The Labute approximate surface area is 86.8 Å². The molecule has 0 saturated carbocycles. The van der Waals surface area contributed by atoms with Gasteiger partial charge in [0, 0.05) is 5.56 Å². The van der Waals surface area contributed by atoms with Gasteiger partial charge in [-0.05, 0) is 31.2 Å². The molecule has 4 heteroatoms. The third-order valence-corrected chi connectivity index (χ3v) is 1.67. The Hall–Kier alpha value is -1.84. The van der Waals surface area contributed by atoms with Crippen molar-refractivity contribution in [3.63, 3.8) is 0 Å². The lowest BCUT2D eigenvalue weighted by molar-refractivity contribution is -0.137. The number of rotatable bonds is 3. The molecule has 80 valence electrons. The van der Waals surface area contributed by atoms with Crippen molar-refractivity contribution in [3.8, 4) is 5.75 Å². The van der Waals surface area contributed by atoms with Gasteiger partial charge in [-0.1, -0.05) is 0 Å². The lowest BCUT2D eigenvalue weighted by Gasteiger charge is -1.99. The van der Waals surface area contributed by atoms with Gasteiger partial charge in [-0.2, -0.15) is 0 Å². The normalized spacial score (nSPS) is 11.2. The van der Waals surface area contributed by atoms with Crippen LogP contribution in [0.15, 0.2) is 30.3 Å². The summed E-state index contributed by atoms with van der Waals surface area (Å²) >= 11 is 0. The molecule has 15 heavy (non-hydrogen) atoms. The number of esters is 1. The predicted octanol–water partition coefficient (Wildman–Crippen LogP) is 2.27. The van der Waals surface area contributed by atoms with E-state index in [1.807, 2.05) is 0 Å². The van der Waals surface area contributed by atoms with Crippen molar-refractivity contribution in [1.29, 1.82) is 0 Å². The van der Waals surface area contributed by atoms with Crippen LogP contribution in [0.25, 0.3) is 5.83 Å². The van der Waals surface area contributed by atoms with Crippen LogP contribution < -0.4 is 0 Å². The Morgan fingerprint density at radius 3 is 2.60 bits per heavy atom. The van der Waals surface area contributed by atoms with Gasteiger partial charge in [0.2, 0.25) is 0 Å². The molecule has 0 atom stereocenters. The lowest BCUT2D eigenvalue weighted by Crippen LogP contribution is -1.99. The van der Waals surface area contributed by atoms with Crippen LogP contribution in [-0.2, 0) is 9.53 Å². The molecular weight excluding hydrogens is 199 g/mol. The summed E-state index contributed by atoms with van der Waals surface area (Å²) < 4.78 is 17.9. The lowest BCUT2D eigenvalue weighted by atomic mass is 10.2. The van der Waals surface area contributed by atoms with Crippen molar-refractivity contribution >= 4 is 11.8 Å². The SMILES string of the molecule is CCOC(=O)/C=C(/F)c1ccc(O)cc1. The van der Waals surface area contributed by atoms with Gasteiger partial charge in [-0.15, -0.1) is 0 Å². The molecule has 0 spiro atoms. The molecule has 0 aliphatic carbocycles. The van der Waals surface area contributed by atoms with Gasteiger partial charge in [0.05, 0.1) is 12.7 Å². The summed E-state index contributed by atoms with van der Waals surface area (Å²) in [6, 6.07) is 5.43. The predicted molar refractivity (Wildman–Crippen MR) is 53.8 cm³/mol.